The molecule has 182 valence electrons. The van der Waals surface area contributed by atoms with Gasteiger partial charge in [0.15, 0.2) is 0 Å². The van der Waals surface area contributed by atoms with Crippen molar-refractivity contribution in [2.45, 2.75) is 33.1 Å². The number of aromatic nitrogens is 4. The van der Waals surface area contributed by atoms with E-state index in [0.717, 1.165) is 38.5 Å². The molecule has 5 aromatic rings. The van der Waals surface area contributed by atoms with Gasteiger partial charge in [0, 0.05) is 41.9 Å². The summed E-state index contributed by atoms with van der Waals surface area (Å²) in [4.78, 5) is 32.7. The average molecular weight is 489 g/mol. The van der Waals surface area contributed by atoms with Gasteiger partial charge < -0.3 is 5.32 Å². The third kappa shape index (κ3) is 4.32. The van der Waals surface area contributed by atoms with Crippen molar-refractivity contribution in [1.29, 1.82) is 5.26 Å². The molecule has 3 heterocycles. The van der Waals surface area contributed by atoms with Crippen LogP contribution in [-0.2, 0) is 10.2 Å². The van der Waals surface area contributed by atoms with E-state index in [1.165, 1.54) is 18.5 Å². The van der Waals surface area contributed by atoms with E-state index >= 15 is 0 Å². The largest absolute Gasteiger partial charge is 0.311 e. The van der Waals surface area contributed by atoms with E-state index in [9.17, 15) is 14.9 Å². The number of pyridine rings is 2. The number of hydrogen-bond donors (Lipinski definition) is 1. The molecular formula is C29H24N6O2. The summed E-state index contributed by atoms with van der Waals surface area (Å²) in [5.41, 5.74) is 4.95. The van der Waals surface area contributed by atoms with Gasteiger partial charge in [-0.05, 0) is 49.2 Å². The first-order valence-corrected chi connectivity index (χ1v) is 11.8. The molecule has 0 aliphatic carbocycles. The maximum Gasteiger partial charge on any atom is 0.244 e. The Morgan fingerprint density at radius 2 is 1.62 bits per heavy atom. The van der Waals surface area contributed by atoms with E-state index < -0.39 is 5.41 Å². The van der Waals surface area contributed by atoms with E-state index in [1.807, 2.05) is 62.4 Å². The number of carbonyl (C=O) groups is 2. The van der Waals surface area contributed by atoms with Crippen LogP contribution in [0.15, 0.2) is 67.0 Å². The maximum atomic E-state index is 12.5. The fourth-order valence-corrected chi connectivity index (χ4v) is 4.35. The summed E-state index contributed by atoms with van der Waals surface area (Å²) in [6.07, 6.45) is 3.38. The standard InChI is InChI=1S/C29H24N6O2/c1-17(36)33-26-12-8-21(14-32-26)20-7-11-24-23(13-20)27-25(15-31-24)35(18(2)37)34-28(27)19-5-9-22(10-6-19)29(3,4)16-30/h5-15H,1-4H3,(H,32,33,36). The van der Waals surface area contributed by atoms with Gasteiger partial charge in [-0.15, -0.1) is 0 Å². The fraction of sp³-hybridized carbons (Fsp3) is 0.172. The van der Waals surface area contributed by atoms with Gasteiger partial charge in [0.2, 0.25) is 11.8 Å². The van der Waals surface area contributed by atoms with Crippen LogP contribution in [0, 0.1) is 11.3 Å². The SMILES string of the molecule is CC(=O)Nc1ccc(-c2ccc3ncc4c(c(-c5ccc(C(C)(C)C#N)cc5)nn4C(C)=O)c3c2)cn1. The smallest absolute Gasteiger partial charge is 0.244 e. The highest BCUT2D eigenvalue weighted by Gasteiger charge is 2.22. The molecule has 8 heteroatoms. The zero-order chi connectivity index (χ0) is 26.3. The van der Waals surface area contributed by atoms with E-state index in [4.69, 9.17) is 0 Å². The van der Waals surface area contributed by atoms with Gasteiger partial charge in [-0.2, -0.15) is 15.0 Å². The first-order chi connectivity index (χ1) is 17.7. The number of carbonyl (C=O) groups excluding carboxylic acids is 2. The Hall–Kier alpha value is -4.90. The van der Waals surface area contributed by atoms with Gasteiger partial charge in [0.05, 0.1) is 28.7 Å². The minimum absolute atomic E-state index is 0.182. The molecule has 1 amide bonds. The van der Waals surface area contributed by atoms with Crippen molar-refractivity contribution in [2.75, 3.05) is 5.32 Å². The number of rotatable bonds is 4. The van der Waals surface area contributed by atoms with Crippen LogP contribution in [0.5, 0.6) is 0 Å². The highest BCUT2D eigenvalue weighted by atomic mass is 16.2. The molecule has 0 fully saturated rings. The van der Waals surface area contributed by atoms with Crippen molar-refractivity contribution in [3.63, 3.8) is 0 Å². The van der Waals surface area contributed by atoms with E-state index in [0.29, 0.717) is 17.0 Å². The molecule has 0 spiro atoms. The molecule has 8 nitrogen and oxygen atoms in total. The summed E-state index contributed by atoms with van der Waals surface area (Å²) in [5, 5.41) is 18.5. The Kier molecular flexibility index (Phi) is 5.76. The lowest BCUT2D eigenvalue weighted by atomic mass is 9.86. The Labute approximate surface area is 213 Å². The first kappa shape index (κ1) is 23.8. The lowest BCUT2D eigenvalue weighted by molar-refractivity contribution is -0.114. The van der Waals surface area contributed by atoms with Crippen LogP contribution in [-0.4, -0.2) is 31.6 Å². The van der Waals surface area contributed by atoms with Crippen molar-refractivity contribution in [1.82, 2.24) is 19.7 Å². The Bertz CT molecular complexity index is 1730. The number of benzene rings is 2. The quantitative estimate of drug-likeness (QED) is 0.345. The predicted octanol–water partition coefficient (Wildman–Crippen LogP) is 5.73. The van der Waals surface area contributed by atoms with E-state index in [-0.39, 0.29) is 11.8 Å². The van der Waals surface area contributed by atoms with Crippen molar-refractivity contribution in [2.24, 2.45) is 0 Å². The zero-order valence-corrected chi connectivity index (χ0v) is 20.9. The van der Waals surface area contributed by atoms with Crippen molar-refractivity contribution >= 4 is 39.4 Å². The zero-order valence-electron chi connectivity index (χ0n) is 20.9. The average Bonchev–Trinajstić information content (AvgIpc) is 3.29. The van der Waals surface area contributed by atoms with E-state index in [2.05, 4.69) is 26.5 Å². The molecule has 3 aromatic heterocycles. The number of nitriles is 1. The van der Waals surface area contributed by atoms with Crippen LogP contribution in [0.1, 0.15) is 38.1 Å². The molecule has 37 heavy (non-hydrogen) atoms. The van der Waals surface area contributed by atoms with Crippen LogP contribution in [0.4, 0.5) is 5.82 Å². The maximum absolute atomic E-state index is 12.5. The monoisotopic (exact) mass is 488 g/mol. The number of anilines is 1. The van der Waals surface area contributed by atoms with Crippen molar-refractivity contribution < 1.29 is 9.59 Å². The van der Waals surface area contributed by atoms with Gasteiger partial charge in [-0.3, -0.25) is 14.6 Å². The van der Waals surface area contributed by atoms with Gasteiger partial charge >= 0.3 is 0 Å². The Balaban J connectivity index is 1.70. The van der Waals surface area contributed by atoms with Crippen molar-refractivity contribution in [3.05, 3.63) is 72.6 Å². The molecule has 0 aliphatic rings. The highest BCUT2D eigenvalue weighted by Crippen LogP contribution is 2.36. The second-order valence-corrected chi connectivity index (χ2v) is 9.46. The molecule has 0 saturated carbocycles. The number of amides is 1. The second-order valence-electron chi connectivity index (χ2n) is 9.46. The third-order valence-corrected chi connectivity index (χ3v) is 6.37. The molecule has 0 radical (unpaired) electrons. The van der Waals surface area contributed by atoms with Gasteiger partial charge in [-0.25, -0.2) is 4.98 Å². The van der Waals surface area contributed by atoms with Crippen LogP contribution in [0.2, 0.25) is 0 Å². The molecule has 2 aromatic carbocycles. The summed E-state index contributed by atoms with van der Waals surface area (Å²) in [6, 6.07) is 19.6. The van der Waals surface area contributed by atoms with Gasteiger partial charge in [0.25, 0.3) is 0 Å². The normalized spacial score (nSPS) is 11.4. The predicted molar refractivity (Wildman–Crippen MR) is 143 cm³/mol. The Morgan fingerprint density at radius 3 is 2.24 bits per heavy atom. The third-order valence-electron chi connectivity index (χ3n) is 6.37. The lowest BCUT2D eigenvalue weighted by Gasteiger charge is -2.15. The molecule has 0 atom stereocenters. The van der Waals surface area contributed by atoms with Crippen LogP contribution < -0.4 is 5.32 Å². The Morgan fingerprint density at radius 1 is 0.919 bits per heavy atom. The highest BCUT2D eigenvalue weighted by molar-refractivity contribution is 6.13. The van der Waals surface area contributed by atoms with Crippen LogP contribution in [0.3, 0.4) is 0 Å². The second kappa shape index (κ2) is 8.95. The van der Waals surface area contributed by atoms with Crippen molar-refractivity contribution in [3.8, 4) is 28.5 Å². The number of hydrogen-bond acceptors (Lipinski definition) is 6. The first-order valence-electron chi connectivity index (χ1n) is 11.8. The lowest BCUT2D eigenvalue weighted by Crippen LogP contribution is -2.13. The minimum atomic E-state index is -0.617. The molecule has 1 N–H and O–H groups in total. The summed E-state index contributed by atoms with van der Waals surface area (Å²) in [5.74, 6) is 0.0846. The molecular weight excluding hydrogens is 464 g/mol. The van der Waals surface area contributed by atoms with Crippen LogP contribution in [0.25, 0.3) is 44.2 Å². The van der Waals surface area contributed by atoms with Crippen LogP contribution >= 0.6 is 0 Å². The summed E-state index contributed by atoms with van der Waals surface area (Å²) in [6.45, 7) is 6.66. The topological polar surface area (TPSA) is 114 Å². The van der Waals surface area contributed by atoms with Gasteiger partial charge in [-0.1, -0.05) is 30.3 Å². The number of fused-ring (bicyclic) bond motifs is 3. The summed E-state index contributed by atoms with van der Waals surface area (Å²) >= 11 is 0. The number of nitrogens with one attached hydrogen (secondary N) is 1. The summed E-state index contributed by atoms with van der Waals surface area (Å²) < 4.78 is 1.38. The molecule has 5 rings (SSSR count). The van der Waals surface area contributed by atoms with Gasteiger partial charge in [0.1, 0.15) is 11.5 Å². The number of nitrogens with zero attached hydrogens (tertiary/aromatic N) is 5. The fourth-order valence-electron chi connectivity index (χ4n) is 4.35. The molecule has 0 saturated heterocycles. The molecule has 0 aliphatic heterocycles. The molecule has 0 unspecified atom stereocenters. The molecule has 0 bridgehead atoms. The summed E-state index contributed by atoms with van der Waals surface area (Å²) in [7, 11) is 0. The minimum Gasteiger partial charge on any atom is -0.311 e. The van der Waals surface area contributed by atoms with E-state index in [1.54, 1.807) is 18.5 Å².